The highest BCUT2D eigenvalue weighted by molar-refractivity contribution is 5.76. The minimum atomic E-state index is -0.844. The van der Waals surface area contributed by atoms with E-state index in [9.17, 15) is 19.8 Å². The molecule has 0 aliphatic rings. The lowest BCUT2D eigenvalue weighted by Gasteiger charge is -2.20. The van der Waals surface area contributed by atoms with E-state index in [1.165, 1.54) is 321 Å². The Labute approximate surface area is 463 Å². The molecule has 0 fully saturated rings. The fourth-order valence-corrected chi connectivity index (χ4v) is 10.9. The average molecular weight is 1040 g/mol. The summed E-state index contributed by atoms with van der Waals surface area (Å²) in [6.45, 7) is 4.95. The van der Waals surface area contributed by atoms with Gasteiger partial charge in [0.25, 0.3) is 0 Å². The van der Waals surface area contributed by atoms with E-state index in [2.05, 4.69) is 19.2 Å². The highest BCUT2D eigenvalue weighted by Gasteiger charge is 2.18. The van der Waals surface area contributed by atoms with Crippen molar-refractivity contribution in [3.8, 4) is 0 Å². The maximum atomic E-state index is 12.5. The number of allylic oxidation sites excluding steroid dienone is 1. The number of nitrogens with one attached hydrogen (secondary N) is 1. The van der Waals surface area contributed by atoms with E-state index >= 15 is 0 Å². The van der Waals surface area contributed by atoms with E-state index in [-0.39, 0.29) is 18.5 Å². The zero-order valence-electron chi connectivity index (χ0n) is 50.4. The van der Waals surface area contributed by atoms with Crippen LogP contribution in [0.15, 0.2) is 12.2 Å². The molecule has 1 amide bonds. The Morgan fingerprint density at radius 2 is 0.622 bits per heavy atom. The van der Waals surface area contributed by atoms with Gasteiger partial charge in [0, 0.05) is 12.8 Å². The summed E-state index contributed by atoms with van der Waals surface area (Å²) in [6, 6.07) is -0.628. The molecule has 0 rings (SSSR count). The predicted molar refractivity (Wildman–Crippen MR) is 324 cm³/mol. The van der Waals surface area contributed by atoms with Gasteiger partial charge in [-0.15, -0.1) is 0 Å². The maximum absolute atomic E-state index is 12.5. The van der Waals surface area contributed by atoms with E-state index in [1.807, 2.05) is 6.08 Å². The van der Waals surface area contributed by atoms with Crippen LogP contribution in [0.25, 0.3) is 0 Å². The minimum absolute atomic E-state index is 0.0177. The van der Waals surface area contributed by atoms with Crippen LogP contribution in [0.2, 0.25) is 0 Å². The van der Waals surface area contributed by atoms with Crippen molar-refractivity contribution in [2.75, 3.05) is 13.2 Å². The highest BCUT2D eigenvalue weighted by Crippen LogP contribution is 2.19. The molecule has 0 saturated heterocycles. The Morgan fingerprint density at radius 3 is 0.919 bits per heavy atom. The summed E-state index contributed by atoms with van der Waals surface area (Å²) in [5.41, 5.74) is 0. The molecular weight excluding hydrogens is 911 g/mol. The molecule has 74 heavy (non-hydrogen) atoms. The number of unbranched alkanes of at least 4 members (excludes halogenated alkanes) is 53. The van der Waals surface area contributed by atoms with Crippen molar-refractivity contribution in [2.45, 2.75) is 398 Å². The minimum Gasteiger partial charge on any atom is -0.466 e. The standard InChI is InChI=1S/C68H133NO5/c1-3-5-7-9-11-13-15-17-19-21-29-32-36-40-44-48-52-56-60-66(71)65(64-70)69-67(72)61-57-53-49-45-41-37-33-30-26-24-22-23-25-27-31-35-39-43-47-51-55-59-63-74-68(73)62-58-54-50-46-42-38-34-28-20-18-16-14-12-10-8-6-4-2/h56,60,65-66,70-71H,3-55,57-59,61-64H2,1-2H3,(H,69,72)/b60-56+. The van der Waals surface area contributed by atoms with Gasteiger partial charge in [0.2, 0.25) is 5.91 Å². The van der Waals surface area contributed by atoms with Crippen molar-refractivity contribution in [1.82, 2.24) is 5.32 Å². The molecule has 0 aliphatic carbocycles. The SMILES string of the molecule is CCCCCCCCCCCCCCCCCC/C=C/C(O)C(CO)NC(=O)CCCCCCCCCCCCCCCCCCCCCCCCOC(=O)CCCCCCCCCCCCCCCCCCC. The molecule has 0 aromatic carbocycles. The van der Waals surface area contributed by atoms with E-state index in [1.54, 1.807) is 6.08 Å². The molecule has 0 aromatic rings. The van der Waals surface area contributed by atoms with Gasteiger partial charge in [-0.2, -0.15) is 0 Å². The van der Waals surface area contributed by atoms with Gasteiger partial charge in [0.05, 0.1) is 25.4 Å². The first-order valence-corrected chi connectivity index (χ1v) is 34.0. The van der Waals surface area contributed by atoms with E-state index in [0.29, 0.717) is 19.4 Å². The quantitative estimate of drug-likeness (QED) is 0.0320. The number of carbonyl (C=O) groups is 2. The third-order valence-electron chi connectivity index (χ3n) is 16.1. The van der Waals surface area contributed by atoms with E-state index in [4.69, 9.17) is 4.74 Å². The average Bonchev–Trinajstić information content (AvgIpc) is 3.40. The number of aliphatic hydroxyl groups is 2. The number of ether oxygens (including phenoxy) is 1. The number of rotatable bonds is 64. The summed E-state index contributed by atoms with van der Waals surface area (Å²) in [5, 5.41) is 23.2. The normalized spacial score (nSPS) is 12.5. The monoisotopic (exact) mass is 1040 g/mol. The fourth-order valence-electron chi connectivity index (χ4n) is 10.9. The van der Waals surface area contributed by atoms with Crippen LogP contribution in [0.1, 0.15) is 386 Å². The lowest BCUT2D eigenvalue weighted by atomic mass is 10.0. The van der Waals surface area contributed by atoms with Crippen molar-refractivity contribution < 1.29 is 24.5 Å². The Bertz CT molecular complexity index is 1110. The van der Waals surface area contributed by atoms with Crippen LogP contribution < -0.4 is 5.32 Å². The topological polar surface area (TPSA) is 95.9 Å². The third-order valence-corrected chi connectivity index (χ3v) is 16.1. The first-order chi connectivity index (χ1) is 36.5. The maximum Gasteiger partial charge on any atom is 0.305 e. The Hall–Kier alpha value is -1.40. The number of hydrogen-bond acceptors (Lipinski definition) is 5. The summed E-state index contributed by atoms with van der Waals surface area (Å²) in [4.78, 5) is 24.6. The summed E-state index contributed by atoms with van der Waals surface area (Å²) in [5.74, 6) is -0.0467. The van der Waals surface area contributed by atoms with Crippen LogP contribution in [0.3, 0.4) is 0 Å². The number of aliphatic hydroxyl groups excluding tert-OH is 2. The third kappa shape index (κ3) is 59.8. The summed E-state index contributed by atoms with van der Waals surface area (Å²) in [7, 11) is 0. The number of hydrogen-bond donors (Lipinski definition) is 3. The molecule has 0 bridgehead atoms. The zero-order valence-corrected chi connectivity index (χ0v) is 50.4. The molecular formula is C68H133NO5. The van der Waals surface area contributed by atoms with Crippen molar-refractivity contribution in [2.24, 2.45) is 0 Å². The number of amides is 1. The smallest absolute Gasteiger partial charge is 0.305 e. The van der Waals surface area contributed by atoms with E-state index < -0.39 is 12.1 Å². The van der Waals surface area contributed by atoms with Crippen LogP contribution in [0, 0.1) is 0 Å². The van der Waals surface area contributed by atoms with Gasteiger partial charge >= 0.3 is 5.97 Å². The van der Waals surface area contributed by atoms with Crippen molar-refractivity contribution >= 4 is 11.9 Å². The summed E-state index contributed by atoms with van der Waals surface area (Å²) in [6.07, 6.45) is 78.4. The molecule has 0 heterocycles. The molecule has 6 heteroatoms. The molecule has 0 spiro atoms. The van der Waals surface area contributed by atoms with Crippen LogP contribution in [-0.4, -0.2) is 47.4 Å². The van der Waals surface area contributed by atoms with Crippen LogP contribution >= 0.6 is 0 Å². The highest BCUT2D eigenvalue weighted by atomic mass is 16.5. The number of carbonyl (C=O) groups excluding carboxylic acids is 2. The Balaban J connectivity index is 3.38. The molecule has 3 N–H and O–H groups in total. The van der Waals surface area contributed by atoms with Gasteiger partial charge < -0.3 is 20.3 Å². The first-order valence-electron chi connectivity index (χ1n) is 34.0. The molecule has 0 aliphatic heterocycles. The molecule has 0 saturated carbocycles. The Kier molecular flexibility index (Phi) is 62.9. The van der Waals surface area contributed by atoms with Gasteiger partial charge in [-0.25, -0.2) is 0 Å². The zero-order chi connectivity index (χ0) is 53.6. The van der Waals surface area contributed by atoms with Crippen molar-refractivity contribution in [1.29, 1.82) is 0 Å². The number of esters is 1. The summed E-state index contributed by atoms with van der Waals surface area (Å²) < 4.78 is 5.50. The molecule has 2 unspecified atom stereocenters. The van der Waals surface area contributed by atoms with Gasteiger partial charge in [-0.3, -0.25) is 9.59 Å². The predicted octanol–water partition coefficient (Wildman–Crippen LogP) is 21.6. The van der Waals surface area contributed by atoms with Crippen molar-refractivity contribution in [3.63, 3.8) is 0 Å². The summed E-state index contributed by atoms with van der Waals surface area (Å²) >= 11 is 0. The molecule has 0 aromatic heterocycles. The lowest BCUT2D eigenvalue weighted by molar-refractivity contribution is -0.143. The largest absolute Gasteiger partial charge is 0.466 e. The molecule has 440 valence electrons. The van der Waals surface area contributed by atoms with Gasteiger partial charge in [0.1, 0.15) is 0 Å². The van der Waals surface area contributed by atoms with Crippen LogP contribution in [-0.2, 0) is 14.3 Å². The molecule has 6 nitrogen and oxygen atoms in total. The van der Waals surface area contributed by atoms with Crippen LogP contribution in [0.5, 0.6) is 0 Å². The van der Waals surface area contributed by atoms with Gasteiger partial charge in [-0.1, -0.05) is 353 Å². The van der Waals surface area contributed by atoms with Gasteiger partial charge in [0.15, 0.2) is 0 Å². The molecule has 2 atom stereocenters. The second-order valence-corrected chi connectivity index (χ2v) is 23.5. The fraction of sp³-hybridized carbons (Fsp3) is 0.941. The molecule has 0 radical (unpaired) electrons. The first kappa shape index (κ1) is 72.6. The Morgan fingerprint density at radius 1 is 0.365 bits per heavy atom. The second-order valence-electron chi connectivity index (χ2n) is 23.5. The van der Waals surface area contributed by atoms with Gasteiger partial charge in [-0.05, 0) is 32.1 Å². The van der Waals surface area contributed by atoms with Crippen molar-refractivity contribution in [3.05, 3.63) is 12.2 Å². The lowest BCUT2D eigenvalue weighted by Crippen LogP contribution is -2.45. The van der Waals surface area contributed by atoms with Crippen LogP contribution in [0.4, 0.5) is 0 Å². The van der Waals surface area contributed by atoms with E-state index in [0.717, 1.165) is 38.5 Å². The second kappa shape index (κ2) is 64.1.